The van der Waals surface area contributed by atoms with Crippen molar-refractivity contribution in [1.29, 1.82) is 0 Å². The monoisotopic (exact) mass is 204 g/mol. The van der Waals surface area contributed by atoms with E-state index in [1.165, 1.54) is 0 Å². The molecule has 0 fully saturated rings. The minimum absolute atomic E-state index is 0. The van der Waals surface area contributed by atoms with Crippen LogP contribution in [0.2, 0.25) is 0 Å². The second-order valence-corrected chi connectivity index (χ2v) is 1.66. The van der Waals surface area contributed by atoms with Gasteiger partial charge in [0.05, 0.1) is 0 Å². The number of rotatable bonds is 2. The Kier molecular flexibility index (Phi) is 10.5. The maximum absolute atomic E-state index is 3.68. The zero-order chi connectivity index (χ0) is 4.99. The molecule has 0 aliphatic rings. The summed E-state index contributed by atoms with van der Waals surface area (Å²) in [6, 6.07) is 0. The zero-order valence-electron chi connectivity index (χ0n) is 4.57. The molecule has 0 unspecified atom stereocenters. The topological polar surface area (TPSA) is 3.24 Å². The summed E-state index contributed by atoms with van der Waals surface area (Å²) in [6.45, 7) is 4.78. The molecule has 0 spiro atoms. The average Bonchev–Trinajstić information content (AvgIpc) is 1.35. The van der Waals surface area contributed by atoms with Crippen molar-refractivity contribution in [3.63, 3.8) is 0 Å². The third-order valence-corrected chi connectivity index (χ3v) is 0.605. The van der Waals surface area contributed by atoms with Crippen LogP contribution >= 0.6 is 0 Å². The molecule has 0 aliphatic carbocycles. The Labute approximate surface area is 64.9 Å². The van der Waals surface area contributed by atoms with E-state index in [4.69, 9.17) is 0 Å². The summed E-state index contributed by atoms with van der Waals surface area (Å²) >= 11 is 0. The summed E-state index contributed by atoms with van der Waals surface area (Å²) in [7, 11) is 4.09. The third-order valence-electron chi connectivity index (χ3n) is 0.605. The van der Waals surface area contributed by atoms with E-state index in [0.717, 1.165) is 13.0 Å². The summed E-state index contributed by atoms with van der Waals surface area (Å²) < 4.78 is 0. The molecule has 0 bridgehead atoms. The van der Waals surface area contributed by atoms with E-state index < -0.39 is 0 Å². The molecule has 0 aromatic rings. The van der Waals surface area contributed by atoms with Crippen LogP contribution in [0.5, 0.6) is 0 Å². The predicted molar refractivity (Wildman–Crippen MR) is 38.5 cm³/mol. The van der Waals surface area contributed by atoms with Crippen LogP contribution in [0.4, 0.5) is 0 Å². The molecule has 1 radical (unpaired) electrons. The van der Waals surface area contributed by atoms with Crippen molar-refractivity contribution in [2.75, 3.05) is 20.6 Å². The molecular weight excluding hydrogens is 189 g/mol. The van der Waals surface area contributed by atoms with Gasteiger partial charge in [-0.2, -0.15) is 0 Å². The van der Waals surface area contributed by atoms with Gasteiger partial charge in [0.15, 0.2) is 0 Å². The first-order valence-electron chi connectivity index (χ1n) is 2.21. The van der Waals surface area contributed by atoms with Crippen molar-refractivity contribution in [2.24, 2.45) is 0 Å². The van der Waals surface area contributed by atoms with Gasteiger partial charge < -0.3 is 4.90 Å². The van der Waals surface area contributed by atoms with Crippen LogP contribution in [-0.2, 0) is 0 Å². The quantitative estimate of drug-likeness (QED) is 0.590. The van der Waals surface area contributed by atoms with Crippen molar-refractivity contribution in [3.8, 4) is 0 Å². The van der Waals surface area contributed by atoms with E-state index in [2.05, 4.69) is 11.8 Å². The Hall–Kier alpha value is 0.830. The summed E-state index contributed by atoms with van der Waals surface area (Å²) in [5, 5.41) is 0. The molecule has 2 heteroatoms. The van der Waals surface area contributed by atoms with E-state index >= 15 is 0 Å². The van der Waals surface area contributed by atoms with Crippen LogP contribution in [0.15, 0.2) is 0 Å². The van der Waals surface area contributed by atoms with Crippen molar-refractivity contribution >= 4 is 25.8 Å². The average molecular weight is 204 g/mol. The summed E-state index contributed by atoms with van der Waals surface area (Å²) in [5.41, 5.74) is 0. The SMILES string of the molecule is [CH2]CCN(C)C.[InH3]. The second-order valence-electron chi connectivity index (χ2n) is 1.66. The first kappa shape index (κ1) is 10.7. The molecule has 0 N–H and O–H groups in total. The van der Waals surface area contributed by atoms with E-state index in [1.807, 2.05) is 14.1 Å². The normalized spacial score (nSPS) is 8.57. The molecular formula is C5H15InN. The van der Waals surface area contributed by atoms with Crippen LogP contribution in [-0.4, -0.2) is 51.4 Å². The molecule has 7 heavy (non-hydrogen) atoms. The van der Waals surface area contributed by atoms with Crippen LogP contribution in [0.1, 0.15) is 6.42 Å². The van der Waals surface area contributed by atoms with Gasteiger partial charge in [0.25, 0.3) is 0 Å². The Morgan fingerprint density at radius 1 is 1.43 bits per heavy atom. The van der Waals surface area contributed by atoms with Crippen LogP contribution in [0, 0.1) is 6.92 Å². The van der Waals surface area contributed by atoms with Crippen molar-refractivity contribution in [2.45, 2.75) is 6.42 Å². The molecule has 0 aromatic heterocycles. The minimum atomic E-state index is 0. The van der Waals surface area contributed by atoms with Gasteiger partial charge in [-0.05, 0) is 27.1 Å². The maximum atomic E-state index is 3.68. The third kappa shape index (κ3) is 10.9. The molecule has 0 rings (SSSR count). The number of nitrogens with zero attached hydrogens (tertiary/aromatic N) is 1. The summed E-state index contributed by atoms with van der Waals surface area (Å²) in [4.78, 5) is 2.12. The Balaban J connectivity index is 0. The Morgan fingerprint density at radius 2 is 1.86 bits per heavy atom. The van der Waals surface area contributed by atoms with E-state index in [-0.39, 0.29) is 25.8 Å². The van der Waals surface area contributed by atoms with Crippen molar-refractivity contribution in [1.82, 2.24) is 4.90 Å². The second kappa shape index (κ2) is 6.83. The van der Waals surface area contributed by atoms with Gasteiger partial charge in [0.1, 0.15) is 0 Å². The Bertz CT molecular complexity index is 29.3. The van der Waals surface area contributed by atoms with Gasteiger partial charge in [0, 0.05) is 0 Å². The van der Waals surface area contributed by atoms with Gasteiger partial charge in [-0.15, -0.1) is 0 Å². The molecule has 0 aromatic carbocycles. The summed E-state index contributed by atoms with van der Waals surface area (Å²) in [5.74, 6) is 0. The molecule has 0 atom stereocenters. The standard InChI is InChI=1S/C5H12N.In.3H/c1-4-5-6(2)3;;;;/h1,4-5H2,2-3H3;;;;. The fourth-order valence-corrected chi connectivity index (χ4v) is 0.316. The van der Waals surface area contributed by atoms with Crippen molar-refractivity contribution in [3.05, 3.63) is 6.92 Å². The van der Waals surface area contributed by atoms with Gasteiger partial charge in [-0.1, -0.05) is 6.92 Å². The molecule has 0 saturated carbocycles. The van der Waals surface area contributed by atoms with Crippen LogP contribution < -0.4 is 0 Å². The molecule has 0 aliphatic heterocycles. The summed E-state index contributed by atoms with van der Waals surface area (Å²) in [6.07, 6.45) is 1.01. The zero-order valence-corrected chi connectivity index (χ0v) is 4.57. The van der Waals surface area contributed by atoms with E-state index in [1.54, 1.807) is 0 Å². The molecule has 43 valence electrons. The fourth-order valence-electron chi connectivity index (χ4n) is 0.316. The molecule has 0 heterocycles. The van der Waals surface area contributed by atoms with E-state index in [0.29, 0.717) is 0 Å². The van der Waals surface area contributed by atoms with E-state index in [9.17, 15) is 0 Å². The molecule has 0 saturated heterocycles. The first-order valence-corrected chi connectivity index (χ1v) is 2.21. The van der Waals surface area contributed by atoms with Crippen LogP contribution in [0.25, 0.3) is 0 Å². The van der Waals surface area contributed by atoms with Gasteiger partial charge >= 0.3 is 25.8 Å². The number of hydrogen-bond donors (Lipinski definition) is 0. The Morgan fingerprint density at radius 3 is 1.86 bits per heavy atom. The van der Waals surface area contributed by atoms with Crippen molar-refractivity contribution < 1.29 is 0 Å². The van der Waals surface area contributed by atoms with Gasteiger partial charge in [-0.3, -0.25) is 0 Å². The first-order chi connectivity index (χ1) is 2.77. The predicted octanol–water partition coefficient (Wildman–Crippen LogP) is -0.412. The van der Waals surface area contributed by atoms with Gasteiger partial charge in [-0.25, -0.2) is 0 Å². The van der Waals surface area contributed by atoms with Gasteiger partial charge in [0.2, 0.25) is 0 Å². The number of hydrogen-bond acceptors (Lipinski definition) is 1. The van der Waals surface area contributed by atoms with Crippen LogP contribution in [0.3, 0.4) is 0 Å². The molecule has 0 amide bonds. The molecule has 1 nitrogen and oxygen atoms in total. The fraction of sp³-hybridized carbons (Fsp3) is 0.800.